The number of nitrogens with one attached hydrogen (secondary N) is 1. The predicted molar refractivity (Wildman–Crippen MR) is 104 cm³/mol. The number of nitro groups is 1. The zero-order valence-corrected chi connectivity index (χ0v) is 15.4. The quantitative estimate of drug-likeness (QED) is 0.481. The zero-order valence-electron chi connectivity index (χ0n) is 15.4. The molecule has 0 bridgehead atoms. The van der Waals surface area contributed by atoms with Crippen LogP contribution in [0.15, 0.2) is 48.5 Å². The molecule has 2 aromatic rings. The Bertz CT molecular complexity index is 868. The highest BCUT2D eigenvalue weighted by Crippen LogP contribution is 2.19. The second kappa shape index (κ2) is 8.75. The minimum absolute atomic E-state index is 0.0150. The normalized spacial score (nSPS) is 10.6. The molecule has 140 valence electrons. The van der Waals surface area contributed by atoms with Gasteiger partial charge in [0.1, 0.15) is 0 Å². The zero-order chi connectivity index (χ0) is 20.0. The molecule has 2 amide bonds. The number of aryl methyl sites for hydroxylation is 2. The maximum absolute atomic E-state index is 12.2. The predicted octanol–water partition coefficient (Wildman–Crippen LogP) is 3.32. The Morgan fingerprint density at radius 2 is 1.70 bits per heavy atom. The first-order valence-electron chi connectivity index (χ1n) is 8.31. The van der Waals surface area contributed by atoms with E-state index in [4.69, 9.17) is 0 Å². The van der Waals surface area contributed by atoms with Crippen LogP contribution in [0.5, 0.6) is 0 Å². The number of amides is 2. The summed E-state index contributed by atoms with van der Waals surface area (Å²) in [6.07, 6.45) is 2.87. The van der Waals surface area contributed by atoms with Crippen LogP contribution in [0.2, 0.25) is 0 Å². The number of nitro benzene ring substituents is 1. The Balaban J connectivity index is 1.94. The second-order valence-electron chi connectivity index (χ2n) is 6.19. The fraction of sp³-hybridized carbons (Fsp3) is 0.200. The molecule has 7 nitrogen and oxygen atoms in total. The Kier molecular flexibility index (Phi) is 6.43. The number of rotatable bonds is 6. The molecule has 0 saturated heterocycles. The van der Waals surface area contributed by atoms with Crippen molar-refractivity contribution < 1.29 is 14.5 Å². The van der Waals surface area contributed by atoms with Gasteiger partial charge in [-0.2, -0.15) is 0 Å². The van der Waals surface area contributed by atoms with Crippen LogP contribution >= 0.6 is 0 Å². The molecule has 0 saturated carbocycles. The molecule has 0 aliphatic heterocycles. The molecule has 2 aromatic carbocycles. The van der Waals surface area contributed by atoms with E-state index in [1.165, 1.54) is 30.2 Å². The van der Waals surface area contributed by atoms with E-state index in [9.17, 15) is 19.7 Å². The van der Waals surface area contributed by atoms with Crippen molar-refractivity contribution in [2.45, 2.75) is 13.8 Å². The topological polar surface area (TPSA) is 92.6 Å². The molecular formula is C20H21N3O4. The third kappa shape index (κ3) is 5.50. The van der Waals surface area contributed by atoms with Crippen molar-refractivity contribution in [3.8, 4) is 0 Å². The average molecular weight is 367 g/mol. The molecule has 0 radical (unpaired) electrons. The van der Waals surface area contributed by atoms with Gasteiger partial charge in [-0.3, -0.25) is 19.7 Å². The molecule has 0 fully saturated rings. The van der Waals surface area contributed by atoms with E-state index in [0.29, 0.717) is 5.56 Å². The number of likely N-dealkylation sites (N-methyl/N-ethyl adjacent to an activating group) is 1. The molecule has 0 atom stereocenters. The fourth-order valence-electron chi connectivity index (χ4n) is 2.49. The third-order valence-corrected chi connectivity index (χ3v) is 4.02. The Morgan fingerprint density at radius 1 is 1.11 bits per heavy atom. The summed E-state index contributed by atoms with van der Waals surface area (Å²) in [6.45, 7) is 3.73. The first kappa shape index (κ1) is 19.8. The molecule has 2 rings (SSSR count). The summed E-state index contributed by atoms with van der Waals surface area (Å²) in [5.41, 5.74) is 3.30. The number of benzene rings is 2. The molecule has 0 aliphatic carbocycles. The largest absolute Gasteiger partial charge is 0.333 e. The smallest absolute Gasteiger partial charge is 0.269 e. The lowest BCUT2D eigenvalue weighted by atomic mass is 10.1. The standard InChI is InChI=1S/C20H21N3O4/c1-14-5-4-6-15(2)20(14)21-18(24)13-22(3)19(25)12-9-16-7-10-17(11-8-16)23(26)27/h4-12H,13H2,1-3H3,(H,21,24)/b12-9+. The number of hydrogen-bond acceptors (Lipinski definition) is 4. The highest BCUT2D eigenvalue weighted by molar-refractivity contribution is 5.98. The van der Waals surface area contributed by atoms with Crippen LogP contribution in [0.4, 0.5) is 11.4 Å². The molecule has 7 heteroatoms. The first-order chi connectivity index (χ1) is 12.8. The highest BCUT2D eigenvalue weighted by Gasteiger charge is 2.12. The van der Waals surface area contributed by atoms with Crippen LogP contribution in [-0.2, 0) is 9.59 Å². The number of para-hydroxylation sites is 1. The van der Waals surface area contributed by atoms with Crippen LogP contribution in [0.3, 0.4) is 0 Å². The van der Waals surface area contributed by atoms with Gasteiger partial charge >= 0.3 is 0 Å². The SMILES string of the molecule is Cc1cccc(C)c1NC(=O)CN(C)C(=O)/C=C/c1ccc([N+](=O)[O-])cc1. The van der Waals surface area contributed by atoms with Gasteiger partial charge < -0.3 is 10.2 Å². The summed E-state index contributed by atoms with van der Waals surface area (Å²) >= 11 is 0. The Hall–Kier alpha value is -3.48. The van der Waals surface area contributed by atoms with Gasteiger partial charge in [0.25, 0.3) is 5.69 Å². The first-order valence-corrected chi connectivity index (χ1v) is 8.31. The summed E-state index contributed by atoms with van der Waals surface area (Å²) < 4.78 is 0. The number of nitrogens with zero attached hydrogens (tertiary/aromatic N) is 2. The maximum atomic E-state index is 12.2. The Labute approximate surface area is 157 Å². The Morgan fingerprint density at radius 3 is 2.26 bits per heavy atom. The van der Waals surface area contributed by atoms with Crippen LogP contribution < -0.4 is 5.32 Å². The fourth-order valence-corrected chi connectivity index (χ4v) is 2.49. The lowest BCUT2D eigenvalue weighted by Crippen LogP contribution is -2.34. The minimum atomic E-state index is -0.485. The summed E-state index contributed by atoms with van der Waals surface area (Å²) in [5.74, 6) is -0.628. The molecule has 0 unspecified atom stereocenters. The van der Waals surface area contributed by atoms with Crippen molar-refractivity contribution >= 4 is 29.3 Å². The van der Waals surface area contributed by atoms with Gasteiger partial charge in [-0.1, -0.05) is 18.2 Å². The van der Waals surface area contributed by atoms with E-state index in [-0.39, 0.29) is 24.0 Å². The van der Waals surface area contributed by atoms with Gasteiger partial charge in [0.2, 0.25) is 11.8 Å². The monoisotopic (exact) mass is 367 g/mol. The number of hydrogen-bond donors (Lipinski definition) is 1. The second-order valence-corrected chi connectivity index (χ2v) is 6.19. The van der Waals surface area contributed by atoms with Crippen molar-refractivity contribution in [3.63, 3.8) is 0 Å². The van der Waals surface area contributed by atoms with E-state index in [1.807, 2.05) is 32.0 Å². The van der Waals surface area contributed by atoms with Crippen LogP contribution in [0.1, 0.15) is 16.7 Å². The molecular weight excluding hydrogens is 346 g/mol. The van der Waals surface area contributed by atoms with Gasteiger partial charge in [-0.05, 0) is 48.7 Å². The third-order valence-electron chi connectivity index (χ3n) is 4.02. The molecule has 0 aromatic heterocycles. The number of carbonyl (C=O) groups is 2. The van der Waals surface area contributed by atoms with Gasteiger partial charge in [0.15, 0.2) is 0 Å². The van der Waals surface area contributed by atoms with Crippen molar-refractivity contribution in [1.29, 1.82) is 0 Å². The maximum Gasteiger partial charge on any atom is 0.269 e. The van der Waals surface area contributed by atoms with Crippen molar-refractivity contribution in [2.75, 3.05) is 18.9 Å². The van der Waals surface area contributed by atoms with E-state index in [1.54, 1.807) is 18.2 Å². The lowest BCUT2D eigenvalue weighted by Gasteiger charge is -2.16. The molecule has 0 aliphatic rings. The van der Waals surface area contributed by atoms with E-state index < -0.39 is 4.92 Å². The van der Waals surface area contributed by atoms with Crippen molar-refractivity contribution in [1.82, 2.24) is 4.90 Å². The van der Waals surface area contributed by atoms with E-state index in [2.05, 4.69) is 5.32 Å². The summed E-state index contributed by atoms with van der Waals surface area (Å²) in [6, 6.07) is 11.6. The molecule has 1 N–H and O–H groups in total. The van der Waals surface area contributed by atoms with Crippen LogP contribution in [0.25, 0.3) is 6.08 Å². The summed E-state index contributed by atoms with van der Waals surface area (Å²) in [5, 5.41) is 13.5. The average Bonchev–Trinajstić information content (AvgIpc) is 2.63. The van der Waals surface area contributed by atoms with Gasteiger partial charge in [0, 0.05) is 30.9 Å². The summed E-state index contributed by atoms with van der Waals surface area (Å²) in [4.78, 5) is 35.8. The highest BCUT2D eigenvalue weighted by atomic mass is 16.6. The van der Waals surface area contributed by atoms with Gasteiger partial charge in [-0.25, -0.2) is 0 Å². The number of anilines is 1. The summed E-state index contributed by atoms with van der Waals surface area (Å²) in [7, 11) is 1.53. The van der Waals surface area contributed by atoms with Gasteiger partial charge in [0.05, 0.1) is 11.5 Å². The van der Waals surface area contributed by atoms with E-state index >= 15 is 0 Å². The van der Waals surface area contributed by atoms with Gasteiger partial charge in [-0.15, -0.1) is 0 Å². The van der Waals surface area contributed by atoms with E-state index in [0.717, 1.165) is 16.8 Å². The van der Waals surface area contributed by atoms with Crippen LogP contribution in [0, 0.1) is 24.0 Å². The number of carbonyl (C=O) groups excluding carboxylic acids is 2. The molecule has 0 spiro atoms. The number of non-ortho nitro benzene ring substituents is 1. The van der Waals surface area contributed by atoms with Crippen LogP contribution in [-0.4, -0.2) is 35.2 Å². The molecule has 0 heterocycles. The van der Waals surface area contributed by atoms with Crippen molar-refractivity contribution in [2.24, 2.45) is 0 Å². The van der Waals surface area contributed by atoms with Crippen molar-refractivity contribution in [3.05, 3.63) is 75.3 Å². The minimum Gasteiger partial charge on any atom is -0.333 e. The molecule has 27 heavy (non-hydrogen) atoms. The lowest BCUT2D eigenvalue weighted by molar-refractivity contribution is -0.384.